The molecule has 0 aliphatic heterocycles. The number of rotatable bonds is 4. The zero-order valence-corrected chi connectivity index (χ0v) is 14.0. The van der Waals surface area contributed by atoms with E-state index < -0.39 is 16.1 Å². The molecular weight excluding hydrogens is 322 g/mol. The second kappa shape index (κ2) is 6.32. The van der Waals surface area contributed by atoms with Crippen molar-refractivity contribution in [3.05, 3.63) is 30.1 Å². The number of aromatic nitrogens is 2. The monoisotopic (exact) mass is 328 g/mol. The summed E-state index contributed by atoms with van der Waals surface area (Å²) in [5.41, 5.74) is 1.54. The van der Waals surface area contributed by atoms with Crippen LogP contribution in [0.4, 0.5) is 0 Å². The number of hydrogen-bond acceptors (Lipinski definition) is 5. The Balaban J connectivity index is 0.00000162. The number of carbonyl (C=O) groups excluding carboxylic acids is 2. The molecule has 2 aromatic rings. The maximum absolute atomic E-state index is 11.3. The molecule has 7 heteroatoms. The number of aromatic amines is 1. The van der Waals surface area contributed by atoms with Crippen molar-refractivity contribution >= 4 is 46.5 Å². The van der Waals surface area contributed by atoms with Gasteiger partial charge in [0.15, 0.2) is 0 Å². The molecule has 0 radical (unpaired) electrons. The second-order valence-electron chi connectivity index (χ2n) is 3.59. The van der Waals surface area contributed by atoms with Crippen molar-refractivity contribution in [2.24, 2.45) is 0 Å². The summed E-state index contributed by atoms with van der Waals surface area (Å²) in [6.07, 6.45) is -0.0858. The smallest absolute Gasteiger partial charge is 0.742 e. The Kier molecular flexibility index (Phi) is 5.32. The first kappa shape index (κ1) is 15.2. The fourth-order valence-electron chi connectivity index (χ4n) is 1.60. The Morgan fingerprint density at radius 1 is 1.28 bits per heavy atom. The average Bonchev–Trinajstić information content (AvgIpc) is 2.68. The molecule has 1 unspecified atom stereocenters. The van der Waals surface area contributed by atoms with Crippen molar-refractivity contribution < 1.29 is 29.1 Å². The fourth-order valence-corrected chi connectivity index (χ4v) is 1.96. The van der Waals surface area contributed by atoms with Crippen LogP contribution < -0.4 is 0 Å². The van der Waals surface area contributed by atoms with Crippen LogP contribution in [0.1, 0.15) is 18.2 Å². The third-order valence-corrected chi connectivity index (χ3v) is 2.84. The van der Waals surface area contributed by atoms with E-state index in [1.54, 1.807) is 0 Å². The van der Waals surface area contributed by atoms with Gasteiger partial charge in [-0.1, -0.05) is 12.1 Å². The van der Waals surface area contributed by atoms with Gasteiger partial charge in [-0.3, -0.25) is 0 Å². The van der Waals surface area contributed by atoms with E-state index in [0.29, 0.717) is 5.82 Å². The molecule has 18 heavy (non-hydrogen) atoms. The first-order valence-electron chi connectivity index (χ1n) is 4.93. The number of imidazole rings is 1. The van der Waals surface area contributed by atoms with Gasteiger partial charge in [0, 0.05) is 10.2 Å². The van der Waals surface area contributed by atoms with Crippen LogP contribution in [-0.4, -0.2) is 20.2 Å². The Labute approximate surface area is 128 Å². The quantitative estimate of drug-likeness (QED) is 0.674. The number of para-hydroxylation sites is 2. The summed E-state index contributed by atoms with van der Waals surface area (Å²) >= 11 is 9.08. The molecule has 2 rings (SSSR count). The molecule has 1 heterocycles. The van der Waals surface area contributed by atoms with Crippen LogP contribution in [0.3, 0.4) is 0 Å². The predicted octanol–water partition coefficient (Wildman–Crippen LogP) is 1.18. The molecule has 1 N–H and O–H groups in total. The zero-order valence-electron chi connectivity index (χ0n) is 9.38. The number of fused-ring (bicyclic) bond motifs is 1. The summed E-state index contributed by atoms with van der Waals surface area (Å²) < 4.78 is 0. The fraction of sp³-hybridized carbons (Fsp3) is 0.182. The van der Waals surface area contributed by atoms with Gasteiger partial charge < -0.3 is 39.8 Å². The third kappa shape index (κ3) is 3.31. The summed E-state index contributed by atoms with van der Waals surface area (Å²) in [4.78, 5) is 29.5. The maximum Gasteiger partial charge on any atom is 2.00 e. The molecule has 0 saturated heterocycles. The number of nitrogens with one attached hydrogen (secondary N) is 1. The summed E-state index contributed by atoms with van der Waals surface area (Å²) in [6.45, 7) is 0. The van der Waals surface area contributed by atoms with Crippen molar-refractivity contribution in [2.75, 3.05) is 0 Å². The van der Waals surface area contributed by atoms with E-state index in [0.717, 1.165) is 11.0 Å². The molecule has 0 bridgehead atoms. The van der Waals surface area contributed by atoms with Crippen molar-refractivity contribution in [3.63, 3.8) is 0 Å². The third-order valence-electron chi connectivity index (χ3n) is 2.39. The van der Waals surface area contributed by atoms with Gasteiger partial charge in [0.2, 0.25) is 0 Å². The molecule has 0 spiro atoms. The van der Waals surface area contributed by atoms with Crippen LogP contribution in [0, 0.1) is 0 Å². The van der Waals surface area contributed by atoms with Crippen LogP contribution in [0.2, 0.25) is 0 Å². The summed E-state index contributed by atoms with van der Waals surface area (Å²) in [6, 6.07) is 7.35. The van der Waals surface area contributed by atoms with Gasteiger partial charge in [-0.15, -0.1) is 0 Å². The second-order valence-corrected chi connectivity index (χ2v) is 4.44. The minimum absolute atomic E-state index is 0. The Hall–Kier alpha value is -0.907. The Bertz CT molecular complexity index is 552. The summed E-state index contributed by atoms with van der Waals surface area (Å²) in [5, 5.41) is -1.02. The topological polar surface area (TPSA) is 62.8 Å². The predicted molar refractivity (Wildman–Crippen MR) is 68.2 cm³/mol. The van der Waals surface area contributed by atoms with Crippen LogP contribution in [-0.2, 0) is 54.3 Å². The van der Waals surface area contributed by atoms with Crippen molar-refractivity contribution in [1.82, 2.24) is 9.97 Å². The molecule has 1 atom stereocenters. The van der Waals surface area contributed by atoms with Crippen molar-refractivity contribution in [3.8, 4) is 0 Å². The van der Waals surface area contributed by atoms with Crippen molar-refractivity contribution in [2.45, 2.75) is 12.3 Å². The van der Waals surface area contributed by atoms with Crippen LogP contribution in [0.15, 0.2) is 24.3 Å². The number of H-pyrrole nitrogens is 1. The zero-order chi connectivity index (χ0) is 12.4. The van der Waals surface area contributed by atoms with E-state index in [9.17, 15) is 9.59 Å². The molecule has 0 fully saturated rings. The van der Waals surface area contributed by atoms with E-state index >= 15 is 0 Å². The molecule has 1 aromatic carbocycles. The Morgan fingerprint density at radius 2 is 1.94 bits per heavy atom. The Morgan fingerprint density at radius 3 is 2.50 bits per heavy atom. The summed E-state index contributed by atoms with van der Waals surface area (Å²) in [5.74, 6) is -0.341. The number of hydrogen-bond donors (Lipinski definition) is 1. The van der Waals surface area contributed by atoms with Crippen molar-refractivity contribution in [1.29, 1.82) is 0 Å². The first-order valence-corrected chi connectivity index (χ1v) is 5.75. The molecule has 0 saturated carbocycles. The largest absolute Gasteiger partial charge is 2.00 e. The normalized spacial score (nSPS) is 11.8. The first-order chi connectivity index (χ1) is 8.08. The van der Waals surface area contributed by atoms with Gasteiger partial charge in [-0.25, -0.2) is 4.98 Å². The standard InChI is InChI=1S/C11H10N2O2S2.Zn/c14-9(16)5-6(11(15)17)10-12-7-3-1-2-4-8(7)13-10;/h1-4,6H,5H2,(H,12,13)(H,14,16)(H,15,17);/q;+2/p-2. The van der Waals surface area contributed by atoms with Gasteiger partial charge >= 0.3 is 19.5 Å². The van der Waals surface area contributed by atoms with E-state index in [-0.39, 0.29) is 25.9 Å². The summed E-state index contributed by atoms with van der Waals surface area (Å²) in [7, 11) is 0. The van der Waals surface area contributed by atoms with E-state index in [2.05, 4.69) is 35.2 Å². The van der Waals surface area contributed by atoms with E-state index in [1.807, 2.05) is 24.3 Å². The minimum Gasteiger partial charge on any atom is -0.742 e. The van der Waals surface area contributed by atoms with Crippen LogP contribution >= 0.6 is 0 Å². The molecule has 88 valence electrons. The molecule has 0 aliphatic carbocycles. The van der Waals surface area contributed by atoms with E-state index in [1.165, 1.54) is 0 Å². The van der Waals surface area contributed by atoms with Gasteiger partial charge in [0.1, 0.15) is 5.82 Å². The molecule has 4 nitrogen and oxygen atoms in total. The SMILES string of the molecule is O=C([S-])CC(C(=O)[S-])c1nc2ccccc2[nH]1.[Zn+2]. The van der Waals surface area contributed by atoms with Gasteiger partial charge in [0.05, 0.1) is 17.0 Å². The number of carbonyl (C=O) groups is 2. The average molecular weight is 330 g/mol. The minimum atomic E-state index is -0.748. The van der Waals surface area contributed by atoms with Gasteiger partial charge in [-0.05, 0) is 18.6 Å². The van der Waals surface area contributed by atoms with Gasteiger partial charge in [-0.2, -0.15) is 0 Å². The molecular formula is C11H8N2O2S2Zn. The van der Waals surface area contributed by atoms with Crippen LogP contribution in [0.25, 0.3) is 11.0 Å². The molecule has 1 aromatic heterocycles. The van der Waals surface area contributed by atoms with Crippen LogP contribution in [0.5, 0.6) is 0 Å². The molecule has 0 aliphatic rings. The number of benzene rings is 1. The van der Waals surface area contributed by atoms with E-state index in [4.69, 9.17) is 0 Å². The maximum atomic E-state index is 11.3. The van der Waals surface area contributed by atoms with Gasteiger partial charge in [0.25, 0.3) is 0 Å². The molecule has 0 amide bonds. The number of nitrogens with zero attached hydrogens (tertiary/aromatic N) is 1.